The first-order valence-corrected chi connectivity index (χ1v) is 12.2. The summed E-state index contributed by atoms with van der Waals surface area (Å²) in [4.78, 5) is 41.6. The Labute approximate surface area is 202 Å². The zero-order valence-electron chi connectivity index (χ0n) is 18.1. The van der Waals surface area contributed by atoms with E-state index < -0.39 is 17.7 Å². The standard InChI is InChI=1S/C24H20N2O6S2/c1-2-30-24(29)26-16-7-8-18-15(9-22(27)32-20(18)10-16)11-31-23(28)19-5-3-4-6-21(19)34-13-17-12-33-14-25-17/h3-10,12,14H,2,11,13H2,1H3,(H,26,29). The molecule has 2 heterocycles. The number of nitrogens with zero attached hydrogens (tertiary/aromatic N) is 1. The summed E-state index contributed by atoms with van der Waals surface area (Å²) in [6, 6.07) is 13.3. The fraction of sp³-hybridized carbons (Fsp3) is 0.167. The normalized spacial score (nSPS) is 10.7. The van der Waals surface area contributed by atoms with Crippen molar-refractivity contribution in [1.82, 2.24) is 4.98 Å². The number of hydrogen-bond donors (Lipinski definition) is 1. The molecule has 1 amide bonds. The second-order valence-electron chi connectivity index (χ2n) is 6.99. The van der Waals surface area contributed by atoms with Crippen molar-refractivity contribution in [3.63, 3.8) is 0 Å². The average Bonchev–Trinajstić information content (AvgIpc) is 3.35. The molecule has 0 saturated heterocycles. The Morgan fingerprint density at radius 1 is 1.15 bits per heavy atom. The molecular weight excluding hydrogens is 476 g/mol. The fourth-order valence-corrected chi connectivity index (χ4v) is 4.76. The molecule has 0 bridgehead atoms. The lowest BCUT2D eigenvalue weighted by Crippen LogP contribution is -2.13. The van der Waals surface area contributed by atoms with Gasteiger partial charge >= 0.3 is 17.7 Å². The molecule has 4 aromatic rings. The molecule has 0 aliphatic heterocycles. The number of esters is 1. The molecule has 10 heteroatoms. The first-order valence-electron chi connectivity index (χ1n) is 10.3. The molecule has 0 fully saturated rings. The van der Waals surface area contributed by atoms with Crippen molar-refractivity contribution in [2.24, 2.45) is 0 Å². The van der Waals surface area contributed by atoms with E-state index in [4.69, 9.17) is 13.9 Å². The van der Waals surface area contributed by atoms with Gasteiger partial charge in [0.2, 0.25) is 0 Å². The van der Waals surface area contributed by atoms with E-state index in [1.165, 1.54) is 35.2 Å². The highest BCUT2D eigenvalue weighted by molar-refractivity contribution is 7.98. The Morgan fingerprint density at radius 3 is 2.79 bits per heavy atom. The Hall–Kier alpha value is -3.63. The highest BCUT2D eigenvalue weighted by Crippen LogP contribution is 2.28. The summed E-state index contributed by atoms with van der Waals surface area (Å²) in [5, 5.41) is 5.12. The number of hydrogen-bond acceptors (Lipinski definition) is 9. The van der Waals surface area contributed by atoms with Gasteiger partial charge in [-0.1, -0.05) is 12.1 Å². The number of thiazole rings is 1. The Morgan fingerprint density at radius 2 is 2.00 bits per heavy atom. The molecule has 0 atom stereocenters. The Bertz CT molecular complexity index is 1370. The van der Waals surface area contributed by atoms with Crippen molar-refractivity contribution in [2.45, 2.75) is 24.2 Å². The van der Waals surface area contributed by atoms with Crippen LogP contribution in [-0.2, 0) is 21.8 Å². The lowest BCUT2D eigenvalue weighted by molar-refractivity contribution is 0.0469. The maximum Gasteiger partial charge on any atom is 0.411 e. The average molecular weight is 497 g/mol. The summed E-state index contributed by atoms with van der Waals surface area (Å²) in [5.41, 5.74) is 3.72. The van der Waals surface area contributed by atoms with Gasteiger partial charge in [0.15, 0.2) is 0 Å². The number of ether oxygens (including phenoxy) is 2. The van der Waals surface area contributed by atoms with Crippen molar-refractivity contribution in [2.75, 3.05) is 11.9 Å². The Kier molecular flexibility index (Phi) is 7.61. The summed E-state index contributed by atoms with van der Waals surface area (Å²) in [6.45, 7) is 1.82. The van der Waals surface area contributed by atoms with E-state index in [1.54, 1.807) is 36.7 Å². The minimum absolute atomic E-state index is 0.114. The maximum absolute atomic E-state index is 12.8. The SMILES string of the molecule is CCOC(=O)Nc1ccc2c(COC(=O)c3ccccc3SCc3cscn3)cc(=O)oc2c1. The third-order valence-corrected chi connectivity index (χ3v) is 6.42. The number of carbonyl (C=O) groups is 2. The van der Waals surface area contributed by atoms with Crippen molar-refractivity contribution >= 4 is 51.8 Å². The van der Waals surface area contributed by atoms with Crippen LogP contribution in [0.2, 0.25) is 0 Å². The first kappa shape index (κ1) is 23.5. The van der Waals surface area contributed by atoms with Crippen LogP contribution in [0, 0.1) is 0 Å². The number of aromatic nitrogens is 1. The first-order chi connectivity index (χ1) is 16.5. The molecule has 0 saturated carbocycles. The van der Waals surface area contributed by atoms with Gasteiger partial charge in [0.05, 0.1) is 23.4 Å². The van der Waals surface area contributed by atoms with Crippen LogP contribution in [0.4, 0.5) is 10.5 Å². The number of anilines is 1. The molecule has 0 spiro atoms. The lowest BCUT2D eigenvalue weighted by Gasteiger charge is -2.11. The van der Waals surface area contributed by atoms with Crippen molar-refractivity contribution < 1.29 is 23.5 Å². The third-order valence-electron chi connectivity index (χ3n) is 4.68. The number of rotatable bonds is 8. The molecule has 0 unspecified atom stereocenters. The largest absolute Gasteiger partial charge is 0.457 e. The molecule has 0 aliphatic rings. The maximum atomic E-state index is 12.8. The Balaban J connectivity index is 1.49. The van der Waals surface area contributed by atoms with Gasteiger partial charge in [-0.15, -0.1) is 23.1 Å². The minimum atomic E-state index is -0.611. The van der Waals surface area contributed by atoms with Gasteiger partial charge in [-0.3, -0.25) is 5.32 Å². The zero-order valence-corrected chi connectivity index (χ0v) is 19.7. The van der Waals surface area contributed by atoms with Crippen LogP contribution in [-0.4, -0.2) is 23.7 Å². The molecule has 1 N–H and O–H groups in total. The third kappa shape index (κ3) is 5.83. The molecule has 2 aromatic heterocycles. The van der Waals surface area contributed by atoms with Crippen molar-refractivity contribution in [3.8, 4) is 0 Å². The number of thioether (sulfide) groups is 1. The molecular formula is C24H20N2O6S2. The second-order valence-corrected chi connectivity index (χ2v) is 8.72. The topological polar surface area (TPSA) is 108 Å². The van der Waals surface area contributed by atoms with Gasteiger partial charge < -0.3 is 13.9 Å². The zero-order chi connectivity index (χ0) is 23.9. The number of benzene rings is 2. The molecule has 0 aliphatic carbocycles. The molecule has 4 rings (SSSR count). The molecule has 2 aromatic carbocycles. The van der Waals surface area contributed by atoms with E-state index in [0.29, 0.717) is 28.0 Å². The fourth-order valence-electron chi connectivity index (χ4n) is 3.15. The van der Waals surface area contributed by atoms with Crippen LogP contribution in [0.5, 0.6) is 0 Å². The minimum Gasteiger partial charge on any atom is -0.457 e. The molecule has 34 heavy (non-hydrogen) atoms. The lowest BCUT2D eigenvalue weighted by atomic mass is 10.1. The van der Waals surface area contributed by atoms with Gasteiger partial charge in [0.1, 0.15) is 12.2 Å². The number of carbonyl (C=O) groups excluding carboxylic acids is 2. The molecule has 174 valence electrons. The molecule has 0 radical (unpaired) electrons. The predicted molar refractivity (Wildman–Crippen MR) is 130 cm³/mol. The van der Waals surface area contributed by atoms with E-state index in [-0.39, 0.29) is 18.8 Å². The van der Waals surface area contributed by atoms with E-state index >= 15 is 0 Å². The second kappa shape index (κ2) is 11.0. The van der Waals surface area contributed by atoms with E-state index in [9.17, 15) is 14.4 Å². The van der Waals surface area contributed by atoms with Crippen molar-refractivity contribution in [3.05, 3.63) is 86.7 Å². The number of fused-ring (bicyclic) bond motifs is 1. The van der Waals surface area contributed by atoms with Crippen molar-refractivity contribution in [1.29, 1.82) is 0 Å². The van der Waals surface area contributed by atoms with Crippen LogP contribution in [0.1, 0.15) is 28.5 Å². The van der Waals surface area contributed by atoms with E-state index in [1.807, 2.05) is 17.5 Å². The number of nitrogens with one attached hydrogen (secondary N) is 1. The van der Waals surface area contributed by atoms with Crippen LogP contribution >= 0.6 is 23.1 Å². The van der Waals surface area contributed by atoms with Gasteiger partial charge in [-0.25, -0.2) is 19.4 Å². The van der Waals surface area contributed by atoms with E-state index in [2.05, 4.69) is 10.3 Å². The van der Waals surface area contributed by atoms with Gasteiger partial charge in [-0.05, 0) is 31.2 Å². The quantitative estimate of drug-likeness (QED) is 0.194. The van der Waals surface area contributed by atoms with Crippen LogP contribution < -0.4 is 10.9 Å². The highest BCUT2D eigenvalue weighted by atomic mass is 32.2. The summed E-state index contributed by atoms with van der Waals surface area (Å²) in [6.07, 6.45) is -0.611. The summed E-state index contributed by atoms with van der Waals surface area (Å²) < 4.78 is 15.7. The highest BCUT2D eigenvalue weighted by Gasteiger charge is 2.15. The van der Waals surface area contributed by atoms with E-state index in [0.717, 1.165) is 10.6 Å². The van der Waals surface area contributed by atoms with Gasteiger partial charge in [0, 0.05) is 44.8 Å². The smallest absolute Gasteiger partial charge is 0.411 e. The van der Waals surface area contributed by atoms with Crippen LogP contribution in [0.3, 0.4) is 0 Å². The predicted octanol–water partition coefficient (Wildman–Crippen LogP) is 5.47. The summed E-state index contributed by atoms with van der Waals surface area (Å²) in [7, 11) is 0. The van der Waals surface area contributed by atoms with Crippen LogP contribution in [0.15, 0.2) is 73.5 Å². The molecule has 8 nitrogen and oxygen atoms in total. The monoisotopic (exact) mass is 496 g/mol. The van der Waals surface area contributed by atoms with Gasteiger partial charge in [0.25, 0.3) is 0 Å². The van der Waals surface area contributed by atoms with Crippen LogP contribution in [0.25, 0.3) is 11.0 Å². The number of amides is 1. The summed E-state index contributed by atoms with van der Waals surface area (Å²) >= 11 is 3.03. The summed E-state index contributed by atoms with van der Waals surface area (Å²) in [5.74, 6) is 0.142. The van der Waals surface area contributed by atoms with Gasteiger partial charge in [-0.2, -0.15) is 0 Å².